The molecule has 1 amide bonds. The van der Waals surface area contributed by atoms with Gasteiger partial charge in [0.25, 0.3) is 0 Å². The first-order chi connectivity index (χ1) is 5.33. The minimum absolute atomic E-state index is 0. The van der Waals surface area contributed by atoms with E-state index in [1.807, 2.05) is 6.92 Å². The lowest BCUT2D eigenvalue weighted by Gasteiger charge is -2.05. The molecule has 1 heterocycles. The lowest BCUT2D eigenvalue weighted by Crippen LogP contribution is -2.31. The van der Waals surface area contributed by atoms with Crippen LogP contribution in [0.25, 0.3) is 0 Å². The highest BCUT2D eigenvalue weighted by Crippen LogP contribution is 2.41. The summed E-state index contributed by atoms with van der Waals surface area (Å²) in [5.74, 6) is 1.68. The third-order valence-corrected chi connectivity index (χ3v) is 2.74. The van der Waals surface area contributed by atoms with E-state index in [0.29, 0.717) is 12.5 Å². The lowest BCUT2D eigenvalue weighted by atomic mass is 10.4. The molecule has 3 nitrogen and oxygen atoms in total. The summed E-state index contributed by atoms with van der Waals surface area (Å²) in [4.78, 5) is 11.0. The maximum atomic E-state index is 11.0. The number of halogens is 1. The van der Waals surface area contributed by atoms with Crippen molar-refractivity contribution >= 4 is 18.3 Å². The van der Waals surface area contributed by atoms with Gasteiger partial charge in [-0.15, -0.1) is 12.4 Å². The molecule has 0 aromatic carbocycles. The maximum Gasteiger partial charge on any atom is 0.219 e. The zero-order valence-corrected chi connectivity index (χ0v) is 7.99. The van der Waals surface area contributed by atoms with E-state index in [0.717, 1.165) is 24.9 Å². The van der Waals surface area contributed by atoms with Crippen LogP contribution in [0.1, 0.15) is 13.3 Å². The number of amides is 1. The number of hydrogen-bond donors (Lipinski definition) is 2. The van der Waals surface area contributed by atoms with Crippen molar-refractivity contribution in [1.29, 1.82) is 0 Å². The molecule has 0 aromatic heterocycles. The topological polar surface area (TPSA) is 41.1 Å². The van der Waals surface area contributed by atoms with E-state index in [1.165, 1.54) is 0 Å². The van der Waals surface area contributed by atoms with Crippen molar-refractivity contribution in [1.82, 2.24) is 10.6 Å². The van der Waals surface area contributed by atoms with Gasteiger partial charge in [0.05, 0.1) is 0 Å². The van der Waals surface area contributed by atoms with Crippen LogP contribution in [0.2, 0.25) is 0 Å². The van der Waals surface area contributed by atoms with Gasteiger partial charge >= 0.3 is 0 Å². The molecular formula is C8H15ClN2O. The van der Waals surface area contributed by atoms with Gasteiger partial charge in [-0.05, 0) is 11.8 Å². The van der Waals surface area contributed by atoms with Crippen LogP contribution < -0.4 is 10.6 Å². The molecule has 1 saturated carbocycles. The number of hydrogen-bond acceptors (Lipinski definition) is 2. The Bertz CT molecular complexity index is 176. The summed E-state index contributed by atoms with van der Waals surface area (Å²) >= 11 is 0. The summed E-state index contributed by atoms with van der Waals surface area (Å²) in [5, 5.41) is 6.32. The quantitative estimate of drug-likeness (QED) is 0.651. The number of piperidine rings is 1. The van der Waals surface area contributed by atoms with E-state index >= 15 is 0 Å². The number of rotatable bonds is 2. The number of nitrogens with one attached hydrogen (secondary N) is 2. The highest BCUT2D eigenvalue weighted by molar-refractivity contribution is 5.85. The van der Waals surface area contributed by atoms with Crippen LogP contribution in [0.4, 0.5) is 0 Å². The Morgan fingerprint density at radius 2 is 2.08 bits per heavy atom. The first-order valence-corrected chi connectivity index (χ1v) is 4.33. The van der Waals surface area contributed by atoms with Gasteiger partial charge in [-0.25, -0.2) is 0 Å². The molecule has 4 heteroatoms. The van der Waals surface area contributed by atoms with Crippen LogP contribution in [0.3, 0.4) is 0 Å². The van der Waals surface area contributed by atoms with Gasteiger partial charge in [-0.1, -0.05) is 6.92 Å². The van der Waals surface area contributed by atoms with Gasteiger partial charge < -0.3 is 10.6 Å². The molecule has 1 aliphatic carbocycles. The van der Waals surface area contributed by atoms with Gasteiger partial charge in [-0.3, -0.25) is 4.79 Å². The molecule has 2 fully saturated rings. The van der Waals surface area contributed by atoms with E-state index in [4.69, 9.17) is 0 Å². The van der Waals surface area contributed by atoms with Gasteiger partial charge in [0.15, 0.2) is 0 Å². The molecule has 1 saturated heterocycles. The highest BCUT2D eigenvalue weighted by Gasteiger charge is 2.53. The molecule has 0 aromatic rings. The predicted octanol–water partition coefficient (Wildman–Crippen LogP) is 0.152. The van der Waals surface area contributed by atoms with Gasteiger partial charge in [-0.2, -0.15) is 0 Å². The van der Waals surface area contributed by atoms with Crippen molar-refractivity contribution in [2.45, 2.75) is 19.4 Å². The molecule has 1 aliphatic heterocycles. The smallest absolute Gasteiger partial charge is 0.219 e. The van der Waals surface area contributed by atoms with E-state index in [9.17, 15) is 4.79 Å². The fourth-order valence-corrected chi connectivity index (χ4v) is 1.92. The van der Waals surface area contributed by atoms with Crippen LogP contribution in [0.15, 0.2) is 0 Å². The van der Waals surface area contributed by atoms with Crippen LogP contribution in [0.5, 0.6) is 0 Å². The van der Waals surface area contributed by atoms with Crippen LogP contribution in [-0.4, -0.2) is 25.0 Å². The zero-order valence-electron chi connectivity index (χ0n) is 7.17. The molecule has 0 radical (unpaired) electrons. The van der Waals surface area contributed by atoms with E-state index in [2.05, 4.69) is 10.6 Å². The summed E-state index contributed by atoms with van der Waals surface area (Å²) in [6.07, 6.45) is 0.614. The number of carbonyl (C=O) groups is 1. The zero-order chi connectivity index (χ0) is 7.84. The third-order valence-electron chi connectivity index (χ3n) is 2.74. The van der Waals surface area contributed by atoms with Crippen molar-refractivity contribution in [2.75, 3.05) is 13.1 Å². The van der Waals surface area contributed by atoms with Crippen LogP contribution in [-0.2, 0) is 4.79 Å². The minimum Gasteiger partial charge on any atom is -0.353 e. The molecule has 1 unspecified atom stereocenters. The average Bonchev–Trinajstić information content (AvgIpc) is 2.52. The van der Waals surface area contributed by atoms with Crippen molar-refractivity contribution in [2.24, 2.45) is 11.8 Å². The Morgan fingerprint density at radius 3 is 2.58 bits per heavy atom. The van der Waals surface area contributed by atoms with Crippen molar-refractivity contribution in [3.63, 3.8) is 0 Å². The average molecular weight is 191 g/mol. The van der Waals surface area contributed by atoms with Crippen LogP contribution in [0, 0.1) is 11.8 Å². The summed E-state index contributed by atoms with van der Waals surface area (Å²) < 4.78 is 0. The monoisotopic (exact) mass is 190 g/mol. The molecule has 12 heavy (non-hydrogen) atoms. The van der Waals surface area contributed by atoms with E-state index in [-0.39, 0.29) is 18.3 Å². The molecule has 2 N–H and O–H groups in total. The Morgan fingerprint density at radius 1 is 1.50 bits per heavy atom. The Labute approximate surface area is 78.7 Å². The first-order valence-electron chi connectivity index (χ1n) is 4.33. The van der Waals surface area contributed by atoms with Crippen LogP contribution >= 0.6 is 12.4 Å². The van der Waals surface area contributed by atoms with Gasteiger partial charge in [0.2, 0.25) is 5.91 Å². The van der Waals surface area contributed by atoms with Crippen molar-refractivity contribution < 1.29 is 4.79 Å². The molecule has 2 rings (SSSR count). The molecule has 70 valence electrons. The second kappa shape index (κ2) is 3.62. The largest absolute Gasteiger partial charge is 0.353 e. The predicted molar refractivity (Wildman–Crippen MR) is 49.3 cm³/mol. The second-order valence-corrected chi connectivity index (χ2v) is 3.43. The second-order valence-electron chi connectivity index (χ2n) is 3.43. The maximum absolute atomic E-state index is 11.0. The molecule has 0 spiro atoms. The Kier molecular flexibility index (Phi) is 2.96. The molecule has 2 aliphatic rings. The summed E-state index contributed by atoms with van der Waals surface area (Å²) in [7, 11) is 0. The molecule has 3 atom stereocenters. The first kappa shape index (κ1) is 9.81. The SMILES string of the molecule is CCC(=O)NC1[C@H]2CNC[C@@H]12.Cl. The van der Waals surface area contributed by atoms with Crippen molar-refractivity contribution in [3.05, 3.63) is 0 Å². The normalized spacial score (nSPS) is 36.6. The number of fused-ring (bicyclic) bond motifs is 1. The van der Waals surface area contributed by atoms with Gasteiger partial charge in [0.1, 0.15) is 0 Å². The summed E-state index contributed by atoms with van der Waals surface area (Å²) in [6, 6.07) is 0.503. The Balaban J connectivity index is 0.000000720. The lowest BCUT2D eigenvalue weighted by molar-refractivity contribution is -0.121. The standard InChI is InChI=1S/C8H14N2O.ClH/c1-2-7(11)10-8-5-3-9-4-6(5)8;/h5-6,8-9H,2-4H2,1H3,(H,10,11);1H/t5-,6+,8?;. The highest BCUT2D eigenvalue weighted by atomic mass is 35.5. The van der Waals surface area contributed by atoms with E-state index in [1.54, 1.807) is 0 Å². The number of carbonyl (C=O) groups excluding carboxylic acids is 1. The molecular weight excluding hydrogens is 176 g/mol. The van der Waals surface area contributed by atoms with E-state index < -0.39 is 0 Å². The fraction of sp³-hybridized carbons (Fsp3) is 0.875. The third kappa shape index (κ3) is 1.57. The van der Waals surface area contributed by atoms with Gasteiger partial charge in [0, 0.05) is 25.6 Å². The summed E-state index contributed by atoms with van der Waals surface area (Å²) in [6.45, 7) is 4.09. The summed E-state index contributed by atoms with van der Waals surface area (Å²) in [5.41, 5.74) is 0. The fourth-order valence-electron chi connectivity index (χ4n) is 1.92. The van der Waals surface area contributed by atoms with Crippen molar-refractivity contribution in [3.8, 4) is 0 Å². The molecule has 0 bridgehead atoms. The minimum atomic E-state index is 0. The Hall–Kier alpha value is -0.280.